The Hall–Kier alpha value is -1.23. The van der Waals surface area contributed by atoms with Crippen molar-refractivity contribution in [2.45, 2.75) is 11.8 Å². The minimum absolute atomic E-state index is 0.0645. The zero-order valence-electron chi connectivity index (χ0n) is 6.44. The largest absolute Gasteiger partial charge is 0.393 e. The van der Waals surface area contributed by atoms with Crippen molar-refractivity contribution in [1.82, 2.24) is 0 Å². The minimum Gasteiger partial charge on any atom is -0.393 e. The van der Waals surface area contributed by atoms with E-state index in [0.717, 1.165) is 5.56 Å². The van der Waals surface area contributed by atoms with Crippen LogP contribution >= 0.6 is 12.6 Å². The van der Waals surface area contributed by atoms with Crippen molar-refractivity contribution in [3.63, 3.8) is 0 Å². The lowest BCUT2D eigenvalue weighted by atomic mass is 10.2. The highest BCUT2D eigenvalue weighted by atomic mass is 32.1. The number of nitrogens with zero attached hydrogens (tertiary/aromatic N) is 1. The van der Waals surface area contributed by atoms with Crippen molar-refractivity contribution in [3.05, 3.63) is 27.8 Å². The first-order valence-corrected chi connectivity index (χ1v) is 3.70. The molecule has 0 aliphatic carbocycles. The van der Waals surface area contributed by atoms with Gasteiger partial charge in [0.25, 0.3) is 5.69 Å². The SMILES string of the molecule is Cc1cc([N+](=O)[O-])c(N)cc1S. The topological polar surface area (TPSA) is 69.2 Å². The zero-order chi connectivity index (χ0) is 9.30. The summed E-state index contributed by atoms with van der Waals surface area (Å²) in [5, 5.41) is 10.4. The Labute approximate surface area is 74.9 Å². The van der Waals surface area contributed by atoms with E-state index in [2.05, 4.69) is 12.6 Å². The third-order valence-electron chi connectivity index (χ3n) is 1.54. The van der Waals surface area contributed by atoms with E-state index in [4.69, 9.17) is 5.73 Å². The summed E-state index contributed by atoms with van der Waals surface area (Å²) in [7, 11) is 0. The van der Waals surface area contributed by atoms with Crippen LogP contribution in [0.3, 0.4) is 0 Å². The van der Waals surface area contributed by atoms with Gasteiger partial charge >= 0.3 is 0 Å². The van der Waals surface area contributed by atoms with Crippen LogP contribution in [0.25, 0.3) is 0 Å². The average Bonchev–Trinajstić information content (AvgIpc) is 1.96. The molecule has 0 atom stereocenters. The number of benzene rings is 1. The molecular formula is C7H8N2O2S. The number of hydrogen-bond donors (Lipinski definition) is 2. The van der Waals surface area contributed by atoms with E-state index in [1.807, 2.05) is 0 Å². The van der Waals surface area contributed by atoms with Crippen LogP contribution in [0.4, 0.5) is 11.4 Å². The van der Waals surface area contributed by atoms with Crippen LogP contribution in [0, 0.1) is 17.0 Å². The second-order valence-corrected chi connectivity index (χ2v) is 2.94. The van der Waals surface area contributed by atoms with E-state index < -0.39 is 4.92 Å². The van der Waals surface area contributed by atoms with Gasteiger partial charge in [-0.2, -0.15) is 0 Å². The maximum atomic E-state index is 10.4. The van der Waals surface area contributed by atoms with Crippen LogP contribution in [-0.2, 0) is 0 Å². The number of nitrogen functional groups attached to an aromatic ring is 1. The van der Waals surface area contributed by atoms with Gasteiger partial charge in [-0.15, -0.1) is 12.6 Å². The van der Waals surface area contributed by atoms with E-state index >= 15 is 0 Å². The Bertz CT molecular complexity index is 338. The predicted octanol–water partition coefficient (Wildman–Crippen LogP) is 1.77. The van der Waals surface area contributed by atoms with Gasteiger partial charge in [0.2, 0.25) is 0 Å². The molecule has 1 aromatic carbocycles. The molecule has 0 spiro atoms. The van der Waals surface area contributed by atoms with Crippen molar-refractivity contribution < 1.29 is 4.92 Å². The third kappa shape index (κ3) is 1.50. The van der Waals surface area contributed by atoms with Gasteiger partial charge in [0, 0.05) is 11.0 Å². The van der Waals surface area contributed by atoms with Crippen LogP contribution in [0.2, 0.25) is 0 Å². The van der Waals surface area contributed by atoms with E-state index in [-0.39, 0.29) is 11.4 Å². The van der Waals surface area contributed by atoms with Gasteiger partial charge in [0.05, 0.1) is 4.92 Å². The minimum atomic E-state index is -0.504. The number of nitrogens with two attached hydrogens (primary N) is 1. The first kappa shape index (κ1) is 8.86. The number of nitro benzene ring substituents is 1. The van der Waals surface area contributed by atoms with Crippen molar-refractivity contribution in [2.24, 2.45) is 0 Å². The first-order chi connectivity index (χ1) is 5.52. The van der Waals surface area contributed by atoms with E-state index in [1.165, 1.54) is 12.1 Å². The summed E-state index contributed by atoms with van der Waals surface area (Å²) in [5.41, 5.74) is 6.23. The summed E-state index contributed by atoms with van der Waals surface area (Å²) in [6.45, 7) is 1.74. The van der Waals surface area contributed by atoms with Crippen molar-refractivity contribution in [1.29, 1.82) is 0 Å². The van der Waals surface area contributed by atoms with Crippen molar-refractivity contribution in [2.75, 3.05) is 5.73 Å². The highest BCUT2D eigenvalue weighted by Crippen LogP contribution is 2.26. The van der Waals surface area contributed by atoms with E-state index in [0.29, 0.717) is 4.90 Å². The van der Waals surface area contributed by atoms with Crippen LogP contribution in [0.1, 0.15) is 5.56 Å². The molecule has 0 amide bonds. The molecular weight excluding hydrogens is 176 g/mol. The normalized spacial score (nSPS) is 9.83. The molecule has 0 aromatic heterocycles. The van der Waals surface area contributed by atoms with Gasteiger partial charge in [-0.05, 0) is 18.6 Å². The Morgan fingerprint density at radius 3 is 2.67 bits per heavy atom. The standard InChI is InChI=1S/C7H8N2O2S/c1-4-2-6(9(10)11)5(8)3-7(4)12/h2-3,12H,8H2,1H3. The molecule has 64 valence electrons. The summed E-state index contributed by atoms with van der Waals surface area (Å²) in [5.74, 6) is 0. The molecule has 12 heavy (non-hydrogen) atoms. The summed E-state index contributed by atoms with van der Waals surface area (Å²) >= 11 is 4.08. The monoisotopic (exact) mass is 184 g/mol. The fourth-order valence-corrected chi connectivity index (χ4v) is 1.06. The molecule has 0 saturated heterocycles. The molecule has 0 bridgehead atoms. The van der Waals surface area contributed by atoms with Crippen LogP contribution in [0.15, 0.2) is 17.0 Å². The van der Waals surface area contributed by atoms with Gasteiger partial charge in [0.15, 0.2) is 0 Å². The Balaban J connectivity index is 3.33. The van der Waals surface area contributed by atoms with Gasteiger partial charge in [-0.25, -0.2) is 0 Å². The second kappa shape index (κ2) is 3.02. The Morgan fingerprint density at radius 1 is 1.58 bits per heavy atom. The maximum Gasteiger partial charge on any atom is 0.292 e. The molecule has 2 N–H and O–H groups in total. The van der Waals surface area contributed by atoms with E-state index in [9.17, 15) is 10.1 Å². The van der Waals surface area contributed by atoms with Crippen LogP contribution < -0.4 is 5.73 Å². The second-order valence-electron chi connectivity index (χ2n) is 2.45. The lowest BCUT2D eigenvalue weighted by Crippen LogP contribution is -1.96. The molecule has 0 aliphatic rings. The summed E-state index contributed by atoms with van der Waals surface area (Å²) in [6.07, 6.45) is 0. The van der Waals surface area contributed by atoms with Crippen LogP contribution in [-0.4, -0.2) is 4.92 Å². The number of aryl methyl sites for hydroxylation is 1. The quantitative estimate of drug-likeness (QED) is 0.302. The molecule has 0 aliphatic heterocycles. The molecule has 0 fully saturated rings. The van der Waals surface area contributed by atoms with Gasteiger partial charge in [0.1, 0.15) is 5.69 Å². The number of thiol groups is 1. The summed E-state index contributed by atoms with van der Waals surface area (Å²) in [4.78, 5) is 10.5. The molecule has 4 nitrogen and oxygen atoms in total. The maximum absolute atomic E-state index is 10.4. The summed E-state index contributed by atoms with van der Waals surface area (Å²) in [6, 6.07) is 2.90. The number of hydrogen-bond acceptors (Lipinski definition) is 4. The van der Waals surface area contributed by atoms with Gasteiger partial charge in [-0.3, -0.25) is 10.1 Å². The number of rotatable bonds is 1. The fourth-order valence-electron chi connectivity index (χ4n) is 0.856. The van der Waals surface area contributed by atoms with Crippen molar-refractivity contribution in [3.8, 4) is 0 Å². The van der Waals surface area contributed by atoms with Crippen LogP contribution in [0.5, 0.6) is 0 Å². The molecule has 1 rings (SSSR count). The van der Waals surface area contributed by atoms with Gasteiger partial charge in [-0.1, -0.05) is 0 Å². The highest BCUT2D eigenvalue weighted by molar-refractivity contribution is 7.80. The summed E-state index contributed by atoms with van der Waals surface area (Å²) < 4.78 is 0. The number of nitro groups is 1. The molecule has 0 radical (unpaired) electrons. The third-order valence-corrected chi connectivity index (χ3v) is 2.02. The molecule has 0 heterocycles. The highest BCUT2D eigenvalue weighted by Gasteiger charge is 2.12. The Kier molecular flexibility index (Phi) is 2.23. The average molecular weight is 184 g/mol. The number of anilines is 1. The lowest BCUT2D eigenvalue weighted by molar-refractivity contribution is -0.384. The fraction of sp³-hybridized carbons (Fsp3) is 0.143. The Morgan fingerprint density at radius 2 is 2.17 bits per heavy atom. The van der Waals surface area contributed by atoms with Gasteiger partial charge < -0.3 is 5.73 Å². The van der Waals surface area contributed by atoms with E-state index in [1.54, 1.807) is 6.92 Å². The molecule has 0 unspecified atom stereocenters. The molecule has 5 heteroatoms. The molecule has 0 saturated carbocycles. The predicted molar refractivity (Wildman–Crippen MR) is 49.5 cm³/mol. The first-order valence-electron chi connectivity index (χ1n) is 3.26. The lowest BCUT2D eigenvalue weighted by Gasteiger charge is -2.01. The van der Waals surface area contributed by atoms with Crippen molar-refractivity contribution >= 4 is 24.0 Å². The molecule has 1 aromatic rings. The smallest absolute Gasteiger partial charge is 0.292 e. The zero-order valence-corrected chi connectivity index (χ0v) is 7.34.